The predicted molar refractivity (Wildman–Crippen MR) is 136 cm³/mol. The van der Waals surface area contributed by atoms with E-state index in [-0.39, 0.29) is 0 Å². The van der Waals surface area contributed by atoms with E-state index in [1.165, 1.54) is 5.69 Å². The van der Waals surface area contributed by atoms with Gasteiger partial charge < -0.3 is 25.3 Å². The number of aromatic amines is 2. The van der Waals surface area contributed by atoms with Crippen molar-refractivity contribution < 1.29 is 9.64 Å². The standard InChI is InChI=1S/C26H27N7O/c1-32-10-12-33(13-11-32)22-5-3-4-20-25(22)29-26(28-20)24-19-8-6-16(14-21(19)30-31-24)18-9-7-17(27)15-23(18)34-2/h3-9,14-15H,10-13,27H2,1-2H3,(H,28,29)(H,30,31)/p+1. The Balaban J connectivity index is 1.39. The molecule has 0 unspecified atom stereocenters. The number of rotatable bonds is 4. The maximum Gasteiger partial charge on any atom is 0.159 e. The molecule has 3 aromatic carbocycles. The van der Waals surface area contributed by atoms with E-state index in [0.717, 1.165) is 76.5 Å². The van der Waals surface area contributed by atoms with E-state index in [9.17, 15) is 0 Å². The van der Waals surface area contributed by atoms with Gasteiger partial charge in [-0.2, -0.15) is 5.10 Å². The molecule has 1 fully saturated rings. The molecule has 1 aliphatic heterocycles. The number of H-pyrrole nitrogens is 2. The van der Waals surface area contributed by atoms with Crippen molar-refractivity contribution in [3.8, 4) is 28.4 Å². The number of aromatic nitrogens is 4. The highest BCUT2D eigenvalue weighted by Gasteiger charge is 2.21. The smallest absolute Gasteiger partial charge is 0.159 e. The van der Waals surface area contributed by atoms with E-state index in [2.05, 4.69) is 63.5 Å². The molecular weight excluding hydrogens is 426 g/mol. The molecule has 172 valence electrons. The number of nitrogens with zero attached hydrogens (tertiary/aromatic N) is 3. The summed E-state index contributed by atoms with van der Waals surface area (Å²) in [6, 6.07) is 18.3. The third-order valence-corrected chi connectivity index (χ3v) is 6.77. The third kappa shape index (κ3) is 3.43. The van der Waals surface area contributed by atoms with Crippen molar-refractivity contribution in [2.24, 2.45) is 0 Å². The number of nitrogens with two attached hydrogens (primary N) is 1. The molecule has 1 aliphatic rings. The second-order valence-corrected chi connectivity index (χ2v) is 9.00. The Morgan fingerprint density at radius 3 is 2.71 bits per heavy atom. The Morgan fingerprint density at radius 1 is 1.03 bits per heavy atom. The lowest BCUT2D eigenvalue weighted by Crippen LogP contribution is -3.12. The Kier molecular flexibility index (Phi) is 4.88. The van der Waals surface area contributed by atoms with Gasteiger partial charge in [-0.25, -0.2) is 4.98 Å². The average molecular weight is 455 g/mol. The minimum absolute atomic E-state index is 0.674. The highest BCUT2D eigenvalue weighted by molar-refractivity contribution is 5.97. The fourth-order valence-electron chi connectivity index (χ4n) is 4.83. The Labute approximate surface area is 197 Å². The fraction of sp³-hybridized carbons (Fsp3) is 0.231. The van der Waals surface area contributed by atoms with E-state index < -0.39 is 0 Å². The topological polar surface area (TPSA) is 100 Å². The van der Waals surface area contributed by atoms with Gasteiger partial charge in [0, 0.05) is 22.7 Å². The molecule has 6 rings (SSSR count). The van der Waals surface area contributed by atoms with Gasteiger partial charge in [-0.05, 0) is 42.0 Å². The number of fused-ring (bicyclic) bond motifs is 2. The van der Waals surface area contributed by atoms with Crippen molar-refractivity contribution in [1.29, 1.82) is 0 Å². The van der Waals surface area contributed by atoms with Gasteiger partial charge in [0.25, 0.3) is 0 Å². The van der Waals surface area contributed by atoms with Crippen molar-refractivity contribution in [1.82, 2.24) is 20.2 Å². The normalized spacial score (nSPS) is 14.8. The summed E-state index contributed by atoms with van der Waals surface area (Å²) in [5, 5.41) is 8.82. The summed E-state index contributed by atoms with van der Waals surface area (Å²) < 4.78 is 5.54. The molecule has 0 amide bonds. The number of anilines is 2. The van der Waals surface area contributed by atoms with Gasteiger partial charge in [0.05, 0.1) is 57.1 Å². The van der Waals surface area contributed by atoms with Crippen LogP contribution >= 0.6 is 0 Å². The second-order valence-electron chi connectivity index (χ2n) is 9.00. The summed E-state index contributed by atoms with van der Waals surface area (Å²) in [5.41, 5.74) is 13.6. The monoisotopic (exact) mass is 454 g/mol. The molecule has 2 aromatic heterocycles. The largest absolute Gasteiger partial charge is 0.496 e. The first-order chi connectivity index (χ1) is 16.6. The van der Waals surface area contributed by atoms with E-state index in [1.54, 1.807) is 12.0 Å². The van der Waals surface area contributed by atoms with Gasteiger partial charge in [-0.15, -0.1) is 0 Å². The molecule has 34 heavy (non-hydrogen) atoms. The lowest BCUT2D eigenvalue weighted by atomic mass is 10.0. The van der Waals surface area contributed by atoms with Crippen LogP contribution in [0.2, 0.25) is 0 Å². The zero-order chi connectivity index (χ0) is 23.2. The van der Waals surface area contributed by atoms with Gasteiger partial charge in [0.2, 0.25) is 0 Å². The van der Waals surface area contributed by atoms with Crippen LogP contribution < -0.4 is 20.3 Å². The van der Waals surface area contributed by atoms with Gasteiger partial charge in [-0.1, -0.05) is 12.1 Å². The molecule has 0 bridgehead atoms. The highest BCUT2D eigenvalue weighted by atomic mass is 16.5. The molecule has 0 saturated carbocycles. The van der Waals surface area contributed by atoms with Crippen LogP contribution in [0.3, 0.4) is 0 Å². The number of nitrogens with one attached hydrogen (secondary N) is 3. The van der Waals surface area contributed by atoms with E-state index in [4.69, 9.17) is 15.5 Å². The minimum Gasteiger partial charge on any atom is -0.496 e. The number of piperazine rings is 1. The molecule has 0 atom stereocenters. The molecule has 0 spiro atoms. The van der Waals surface area contributed by atoms with Gasteiger partial charge in [0.15, 0.2) is 5.82 Å². The molecule has 8 nitrogen and oxygen atoms in total. The molecule has 5 N–H and O–H groups in total. The number of hydrogen-bond acceptors (Lipinski definition) is 5. The Bertz CT molecular complexity index is 1490. The van der Waals surface area contributed by atoms with Crippen molar-refractivity contribution in [2.45, 2.75) is 0 Å². The van der Waals surface area contributed by atoms with E-state index >= 15 is 0 Å². The molecule has 3 heterocycles. The number of para-hydroxylation sites is 1. The summed E-state index contributed by atoms with van der Waals surface area (Å²) >= 11 is 0. The summed E-state index contributed by atoms with van der Waals surface area (Å²) in [7, 11) is 3.91. The zero-order valence-corrected chi connectivity index (χ0v) is 19.4. The number of hydrogen-bond donors (Lipinski definition) is 4. The summed E-state index contributed by atoms with van der Waals surface area (Å²) in [6.07, 6.45) is 0. The van der Waals surface area contributed by atoms with Gasteiger partial charge >= 0.3 is 0 Å². The van der Waals surface area contributed by atoms with Crippen LogP contribution in [-0.4, -0.2) is 60.5 Å². The van der Waals surface area contributed by atoms with Crippen molar-refractivity contribution in [2.75, 3.05) is 51.0 Å². The molecule has 0 radical (unpaired) electrons. The van der Waals surface area contributed by atoms with Gasteiger partial charge in [-0.3, -0.25) is 5.10 Å². The maximum absolute atomic E-state index is 5.92. The Morgan fingerprint density at radius 2 is 1.88 bits per heavy atom. The van der Waals surface area contributed by atoms with Gasteiger partial charge in [0.1, 0.15) is 17.0 Å². The van der Waals surface area contributed by atoms with E-state index in [0.29, 0.717) is 5.69 Å². The molecule has 1 saturated heterocycles. The number of nitrogen functional groups attached to an aromatic ring is 1. The number of methoxy groups -OCH3 is 1. The highest BCUT2D eigenvalue weighted by Crippen LogP contribution is 2.35. The summed E-state index contributed by atoms with van der Waals surface area (Å²) in [5.74, 6) is 1.51. The zero-order valence-electron chi connectivity index (χ0n) is 19.4. The average Bonchev–Trinajstić information content (AvgIpc) is 3.48. The SMILES string of the molecule is COc1cc(N)ccc1-c1ccc2c(-c3nc4c(N5CC[NH+](C)CC5)cccc4[nH]3)n[nH]c2c1. The number of imidazole rings is 1. The molecular formula is C26H28N7O+. The van der Waals surface area contributed by atoms with Crippen LogP contribution in [0.25, 0.3) is 44.6 Å². The summed E-state index contributed by atoms with van der Waals surface area (Å²) in [6.45, 7) is 4.35. The summed E-state index contributed by atoms with van der Waals surface area (Å²) in [4.78, 5) is 12.5. The lowest BCUT2D eigenvalue weighted by molar-refractivity contribution is -0.880. The molecule has 8 heteroatoms. The van der Waals surface area contributed by atoms with Crippen LogP contribution in [0.4, 0.5) is 11.4 Å². The lowest BCUT2D eigenvalue weighted by Gasteiger charge is -2.31. The van der Waals surface area contributed by atoms with Crippen LogP contribution in [0.1, 0.15) is 0 Å². The minimum atomic E-state index is 0.674. The quantitative estimate of drug-likeness (QED) is 0.313. The number of likely N-dealkylation sites (N-methyl/N-ethyl adjacent to an activating group) is 1. The van der Waals surface area contributed by atoms with Crippen molar-refractivity contribution in [3.63, 3.8) is 0 Å². The third-order valence-electron chi connectivity index (χ3n) is 6.77. The van der Waals surface area contributed by atoms with Crippen molar-refractivity contribution in [3.05, 3.63) is 54.6 Å². The number of quaternary nitrogens is 1. The number of benzene rings is 3. The van der Waals surface area contributed by atoms with Crippen LogP contribution in [-0.2, 0) is 0 Å². The fourth-order valence-corrected chi connectivity index (χ4v) is 4.83. The Hall–Kier alpha value is -4.04. The second kappa shape index (κ2) is 8.07. The predicted octanol–water partition coefficient (Wildman–Crippen LogP) is 2.70. The first-order valence-corrected chi connectivity index (χ1v) is 11.6. The van der Waals surface area contributed by atoms with Crippen molar-refractivity contribution >= 4 is 33.3 Å². The van der Waals surface area contributed by atoms with Crippen LogP contribution in [0, 0.1) is 0 Å². The first-order valence-electron chi connectivity index (χ1n) is 11.6. The number of ether oxygens (including phenoxy) is 1. The molecule has 5 aromatic rings. The van der Waals surface area contributed by atoms with E-state index in [1.807, 2.05) is 18.2 Å². The van der Waals surface area contributed by atoms with Crippen LogP contribution in [0.5, 0.6) is 5.75 Å². The molecule has 0 aliphatic carbocycles. The first kappa shape index (κ1) is 20.6. The van der Waals surface area contributed by atoms with Crippen LogP contribution in [0.15, 0.2) is 54.6 Å². The maximum atomic E-state index is 5.92.